The van der Waals surface area contributed by atoms with Crippen molar-refractivity contribution in [2.45, 2.75) is 388 Å². The number of esters is 4. The maximum absolute atomic E-state index is 13.1. The molecule has 0 aliphatic carbocycles. The molecule has 0 rings (SSSR count). The summed E-state index contributed by atoms with van der Waals surface area (Å²) in [6.07, 6.45) is 56.6. The van der Waals surface area contributed by atoms with E-state index in [0.717, 1.165) is 127 Å². The number of phosphoric acid groups is 2. The largest absolute Gasteiger partial charge is 0.472 e. The molecular formula is C77H146O17P2. The molecule has 0 aromatic heterocycles. The second-order valence-corrected chi connectivity index (χ2v) is 30.9. The third-order valence-electron chi connectivity index (χ3n) is 18.0. The first-order chi connectivity index (χ1) is 46.3. The van der Waals surface area contributed by atoms with E-state index in [1.165, 1.54) is 154 Å². The second kappa shape index (κ2) is 67.1. The SMILES string of the molecule is CCCCCC/C=C\C=C/CCCCCCCC(=O)O[C@H](COC(=O)CCCCCCCCC(C)C)COP(=O)(O)OC[C@H](O)COP(=O)(O)OC[C@@H](COC(=O)CCCCCCCCC(C)CC)OC(=O)CCCCCCCCCCCCCCCCCCCCC(C)CC. The smallest absolute Gasteiger partial charge is 0.462 e. The molecule has 566 valence electrons. The zero-order valence-corrected chi connectivity index (χ0v) is 64.1. The molecule has 4 unspecified atom stereocenters. The van der Waals surface area contributed by atoms with Crippen molar-refractivity contribution in [1.29, 1.82) is 0 Å². The molecule has 0 amide bonds. The van der Waals surface area contributed by atoms with Crippen LogP contribution in [-0.2, 0) is 65.4 Å². The molecule has 0 aromatic carbocycles. The Kier molecular flexibility index (Phi) is 65.3. The number of hydrogen-bond donors (Lipinski definition) is 3. The molecule has 0 heterocycles. The third kappa shape index (κ3) is 67.4. The first-order valence-corrected chi connectivity index (χ1v) is 42.2. The quantitative estimate of drug-likeness (QED) is 0.0169. The van der Waals surface area contributed by atoms with E-state index >= 15 is 0 Å². The van der Waals surface area contributed by atoms with Gasteiger partial charge in [0, 0.05) is 25.7 Å². The molecule has 19 heteroatoms. The predicted octanol–water partition coefficient (Wildman–Crippen LogP) is 22.1. The van der Waals surface area contributed by atoms with Crippen LogP contribution in [0.4, 0.5) is 0 Å². The van der Waals surface area contributed by atoms with Crippen LogP contribution < -0.4 is 0 Å². The van der Waals surface area contributed by atoms with Crippen LogP contribution in [0.5, 0.6) is 0 Å². The lowest BCUT2D eigenvalue weighted by atomic mass is 9.99. The van der Waals surface area contributed by atoms with E-state index in [0.29, 0.717) is 31.6 Å². The van der Waals surface area contributed by atoms with Crippen LogP contribution in [0.15, 0.2) is 24.3 Å². The molecule has 0 fully saturated rings. The van der Waals surface area contributed by atoms with Gasteiger partial charge in [-0.2, -0.15) is 0 Å². The van der Waals surface area contributed by atoms with E-state index in [9.17, 15) is 43.2 Å². The summed E-state index contributed by atoms with van der Waals surface area (Å²) >= 11 is 0. The standard InChI is InChI=1S/C77H146O17P2/c1-8-11-12-13-14-15-16-17-22-26-29-32-35-46-53-60-76(81)93-72(64-87-74(79)58-51-44-39-37-41-48-55-68(4)5)66-91-95(83,84)89-62-71(78)63-90-96(85,86)92-67-73(65-88-75(80)59-52-45-40-38-43-50-57-70(7)10-3)94-77(82)61-54-47-36-33-30-27-24-21-19-18-20-23-25-28-31-34-42-49-56-69(6)9-2/h15-17,22,68-73,78H,8-14,18-21,23-67H2,1-7H3,(H,83,84)(H,85,86)/b16-15-,22-17-/t69?,70?,71-,72+,73+/m0/s1. The minimum Gasteiger partial charge on any atom is -0.462 e. The summed E-state index contributed by atoms with van der Waals surface area (Å²) in [6.45, 7) is 11.8. The van der Waals surface area contributed by atoms with Gasteiger partial charge in [-0.25, -0.2) is 9.13 Å². The molecule has 0 aliphatic heterocycles. The fraction of sp³-hybridized carbons (Fsp3) is 0.896. The summed E-state index contributed by atoms with van der Waals surface area (Å²) in [4.78, 5) is 72.7. The van der Waals surface area contributed by atoms with Gasteiger partial charge in [-0.15, -0.1) is 0 Å². The van der Waals surface area contributed by atoms with Gasteiger partial charge in [0.05, 0.1) is 26.4 Å². The second-order valence-electron chi connectivity index (χ2n) is 28.0. The lowest BCUT2D eigenvalue weighted by Gasteiger charge is -2.21. The average molecular weight is 1410 g/mol. The lowest BCUT2D eigenvalue weighted by Crippen LogP contribution is -2.30. The van der Waals surface area contributed by atoms with Crippen LogP contribution in [0.25, 0.3) is 0 Å². The minimum atomic E-state index is -4.96. The number of unbranched alkanes of at least 4 members (excludes halogenated alkanes) is 36. The molecule has 7 atom stereocenters. The number of ether oxygens (including phenoxy) is 4. The highest BCUT2D eigenvalue weighted by atomic mass is 31.2. The van der Waals surface area contributed by atoms with E-state index in [1.54, 1.807) is 0 Å². The Morgan fingerprint density at radius 1 is 0.344 bits per heavy atom. The lowest BCUT2D eigenvalue weighted by molar-refractivity contribution is -0.161. The zero-order valence-electron chi connectivity index (χ0n) is 62.3. The predicted molar refractivity (Wildman–Crippen MR) is 390 cm³/mol. The van der Waals surface area contributed by atoms with Gasteiger partial charge in [0.25, 0.3) is 0 Å². The van der Waals surface area contributed by atoms with Gasteiger partial charge in [0.2, 0.25) is 0 Å². The zero-order chi connectivity index (χ0) is 70.9. The van der Waals surface area contributed by atoms with Crippen molar-refractivity contribution in [2.75, 3.05) is 39.6 Å². The van der Waals surface area contributed by atoms with Crippen molar-refractivity contribution in [2.24, 2.45) is 17.8 Å². The first-order valence-electron chi connectivity index (χ1n) is 39.2. The van der Waals surface area contributed by atoms with E-state index in [-0.39, 0.29) is 25.7 Å². The maximum atomic E-state index is 13.1. The maximum Gasteiger partial charge on any atom is 0.472 e. The van der Waals surface area contributed by atoms with Crippen LogP contribution in [0.2, 0.25) is 0 Å². The van der Waals surface area contributed by atoms with Gasteiger partial charge in [-0.1, -0.05) is 317 Å². The van der Waals surface area contributed by atoms with Crippen LogP contribution in [-0.4, -0.2) is 96.7 Å². The van der Waals surface area contributed by atoms with Gasteiger partial charge < -0.3 is 33.8 Å². The number of hydrogen-bond acceptors (Lipinski definition) is 15. The van der Waals surface area contributed by atoms with Gasteiger partial charge in [-0.3, -0.25) is 37.3 Å². The Hall–Kier alpha value is -2.46. The Balaban J connectivity index is 5.19. The molecule has 0 aliphatic rings. The monoisotopic (exact) mass is 1410 g/mol. The average Bonchev–Trinajstić information content (AvgIpc) is 1.53. The van der Waals surface area contributed by atoms with E-state index in [1.807, 2.05) is 0 Å². The molecule has 17 nitrogen and oxygen atoms in total. The van der Waals surface area contributed by atoms with Crippen molar-refractivity contribution in [3.63, 3.8) is 0 Å². The number of aliphatic hydroxyl groups excluding tert-OH is 1. The Morgan fingerprint density at radius 3 is 0.927 bits per heavy atom. The summed E-state index contributed by atoms with van der Waals surface area (Å²) in [5.41, 5.74) is 0. The van der Waals surface area contributed by atoms with Crippen LogP contribution in [0.3, 0.4) is 0 Å². The van der Waals surface area contributed by atoms with Gasteiger partial charge in [0.15, 0.2) is 12.2 Å². The Morgan fingerprint density at radius 2 is 0.615 bits per heavy atom. The number of rotatable bonds is 73. The minimum absolute atomic E-state index is 0.0836. The molecule has 0 radical (unpaired) electrons. The molecular weight excluding hydrogens is 1260 g/mol. The molecule has 0 aromatic rings. The molecule has 0 saturated heterocycles. The number of carbonyl (C=O) groups excluding carboxylic acids is 4. The van der Waals surface area contributed by atoms with Gasteiger partial charge >= 0.3 is 39.5 Å². The Labute approximate surface area is 586 Å². The normalized spacial score (nSPS) is 14.8. The van der Waals surface area contributed by atoms with Crippen LogP contribution in [0.1, 0.15) is 370 Å². The van der Waals surface area contributed by atoms with Gasteiger partial charge in [-0.05, 0) is 69.1 Å². The van der Waals surface area contributed by atoms with E-state index < -0.39 is 97.5 Å². The summed E-state index contributed by atoms with van der Waals surface area (Å²) in [6, 6.07) is 0. The van der Waals surface area contributed by atoms with Crippen molar-refractivity contribution < 1.29 is 80.2 Å². The number of allylic oxidation sites excluding steroid dienone is 4. The summed E-state index contributed by atoms with van der Waals surface area (Å²) in [5, 5.41) is 10.6. The topological polar surface area (TPSA) is 237 Å². The highest BCUT2D eigenvalue weighted by Gasteiger charge is 2.30. The summed E-state index contributed by atoms with van der Waals surface area (Å²) in [7, 11) is -9.92. The molecule has 0 spiro atoms. The van der Waals surface area contributed by atoms with E-state index in [4.69, 9.17) is 37.0 Å². The molecule has 96 heavy (non-hydrogen) atoms. The van der Waals surface area contributed by atoms with Crippen molar-refractivity contribution >= 4 is 39.5 Å². The summed E-state index contributed by atoms with van der Waals surface area (Å²) in [5.74, 6) is 0.122. The number of carbonyl (C=O) groups is 4. The summed E-state index contributed by atoms with van der Waals surface area (Å²) < 4.78 is 68.4. The van der Waals surface area contributed by atoms with Crippen LogP contribution in [0, 0.1) is 17.8 Å². The van der Waals surface area contributed by atoms with Crippen LogP contribution >= 0.6 is 15.6 Å². The Bertz CT molecular complexity index is 1970. The van der Waals surface area contributed by atoms with Crippen molar-refractivity contribution in [1.82, 2.24) is 0 Å². The third-order valence-corrected chi connectivity index (χ3v) is 19.9. The first kappa shape index (κ1) is 93.5. The molecule has 0 saturated carbocycles. The highest BCUT2D eigenvalue weighted by molar-refractivity contribution is 7.47. The molecule has 0 bridgehead atoms. The van der Waals surface area contributed by atoms with Crippen molar-refractivity contribution in [3.05, 3.63) is 24.3 Å². The number of aliphatic hydroxyl groups is 1. The number of phosphoric ester groups is 2. The van der Waals surface area contributed by atoms with Gasteiger partial charge in [0.1, 0.15) is 19.3 Å². The molecule has 3 N–H and O–H groups in total. The van der Waals surface area contributed by atoms with E-state index in [2.05, 4.69) is 72.8 Å². The van der Waals surface area contributed by atoms with Crippen molar-refractivity contribution in [3.8, 4) is 0 Å². The fourth-order valence-corrected chi connectivity index (χ4v) is 12.8. The fourth-order valence-electron chi connectivity index (χ4n) is 11.2. The highest BCUT2D eigenvalue weighted by Crippen LogP contribution is 2.45.